The molecule has 1 N–H and O–H groups in total. The van der Waals surface area contributed by atoms with Crippen LogP contribution in [0.4, 0.5) is 0 Å². The van der Waals surface area contributed by atoms with Gasteiger partial charge in [-0.25, -0.2) is 0 Å². The molecule has 112 valence electrons. The van der Waals surface area contributed by atoms with Crippen molar-refractivity contribution in [1.29, 1.82) is 0 Å². The summed E-state index contributed by atoms with van der Waals surface area (Å²) in [5, 5.41) is 5.05. The van der Waals surface area contributed by atoms with E-state index in [4.69, 9.17) is 23.2 Å². The maximum Gasteiger partial charge on any atom is 0.0454 e. The third-order valence-electron chi connectivity index (χ3n) is 4.25. The second-order valence-corrected chi connectivity index (χ2v) is 6.49. The lowest BCUT2D eigenvalue weighted by Gasteiger charge is -2.34. The van der Waals surface area contributed by atoms with Crippen molar-refractivity contribution < 1.29 is 0 Å². The minimum absolute atomic E-state index is 0.299. The van der Waals surface area contributed by atoms with Crippen LogP contribution in [0.25, 0.3) is 0 Å². The Kier molecular flexibility index (Phi) is 6.16. The van der Waals surface area contributed by atoms with Gasteiger partial charge in [0.15, 0.2) is 0 Å². The summed E-state index contributed by atoms with van der Waals surface area (Å²) in [7, 11) is 0. The van der Waals surface area contributed by atoms with E-state index in [1.54, 1.807) is 0 Å². The van der Waals surface area contributed by atoms with Crippen molar-refractivity contribution in [1.82, 2.24) is 10.2 Å². The molecular weight excluding hydrogens is 291 g/mol. The highest BCUT2D eigenvalue weighted by atomic mass is 35.5. The summed E-state index contributed by atoms with van der Waals surface area (Å²) in [4.78, 5) is 2.50. The summed E-state index contributed by atoms with van der Waals surface area (Å²) >= 11 is 12.5. The highest BCUT2D eigenvalue weighted by Crippen LogP contribution is 2.30. The monoisotopic (exact) mass is 314 g/mol. The molecule has 0 saturated carbocycles. The largest absolute Gasteiger partial charge is 0.316 e. The second-order valence-electron chi connectivity index (χ2n) is 5.64. The van der Waals surface area contributed by atoms with Crippen LogP contribution in [0, 0.1) is 5.92 Å². The molecule has 20 heavy (non-hydrogen) atoms. The zero-order valence-corrected chi connectivity index (χ0v) is 13.8. The van der Waals surface area contributed by atoms with Crippen LogP contribution in [-0.4, -0.2) is 31.1 Å². The zero-order chi connectivity index (χ0) is 14.5. The molecule has 4 heteroatoms. The molecule has 0 bridgehead atoms. The van der Waals surface area contributed by atoms with Crippen LogP contribution < -0.4 is 5.32 Å². The van der Waals surface area contributed by atoms with E-state index in [1.165, 1.54) is 12.8 Å². The van der Waals surface area contributed by atoms with Gasteiger partial charge in [0.25, 0.3) is 0 Å². The first-order valence-corrected chi connectivity index (χ1v) is 8.27. The summed E-state index contributed by atoms with van der Waals surface area (Å²) in [6.45, 7) is 8.88. The molecule has 1 aromatic carbocycles. The standard InChI is InChI=1S/C16H24Cl2N2/c1-3-20(11-13-5-4-8-19-10-13)12(2)15-9-14(17)6-7-16(15)18/h6-7,9,12-13,19H,3-5,8,10-11H2,1-2H3. The number of piperidine rings is 1. The van der Waals surface area contributed by atoms with Crippen molar-refractivity contribution in [3.05, 3.63) is 33.8 Å². The molecule has 2 atom stereocenters. The van der Waals surface area contributed by atoms with E-state index in [0.29, 0.717) is 6.04 Å². The second kappa shape index (κ2) is 7.65. The van der Waals surface area contributed by atoms with E-state index in [1.807, 2.05) is 18.2 Å². The van der Waals surface area contributed by atoms with Crippen LogP contribution in [-0.2, 0) is 0 Å². The van der Waals surface area contributed by atoms with Crippen LogP contribution in [0.2, 0.25) is 10.0 Å². The Morgan fingerprint density at radius 3 is 2.85 bits per heavy atom. The number of halogens is 2. The number of benzene rings is 1. The molecule has 2 nitrogen and oxygen atoms in total. The lowest BCUT2D eigenvalue weighted by molar-refractivity contribution is 0.171. The molecule has 1 aliphatic rings. The van der Waals surface area contributed by atoms with Gasteiger partial charge in [0.1, 0.15) is 0 Å². The molecule has 1 aliphatic heterocycles. The fraction of sp³-hybridized carbons (Fsp3) is 0.625. The fourth-order valence-corrected chi connectivity index (χ4v) is 3.46. The van der Waals surface area contributed by atoms with E-state index in [2.05, 4.69) is 24.1 Å². The summed E-state index contributed by atoms with van der Waals surface area (Å²) in [5.41, 5.74) is 1.13. The lowest BCUT2D eigenvalue weighted by atomic mass is 9.97. The minimum Gasteiger partial charge on any atom is -0.316 e. The van der Waals surface area contributed by atoms with Gasteiger partial charge in [0.2, 0.25) is 0 Å². The topological polar surface area (TPSA) is 15.3 Å². The molecule has 1 saturated heterocycles. The Morgan fingerprint density at radius 1 is 1.40 bits per heavy atom. The van der Waals surface area contributed by atoms with Gasteiger partial charge in [-0.15, -0.1) is 0 Å². The van der Waals surface area contributed by atoms with Gasteiger partial charge in [0, 0.05) is 22.6 Å². The van der Waals surface area contributed by atoms with Gasteiger partial charge < -0.3 is 5.32 Å². The van der Waals surface area contributed by atoms with Crippen molar-refractivity contribution in [2.45, 2.75) is 32.7 Å². The SMILES string of the molecule is CCN(CC1CCCNC1)C(C)c1cc(Cl)ccc1Cl. The highest BCUT2D eigenvalue weighted by molar-refractivity contribution is 6.33. The Morgan fingerprint density at radius 2 is 2.20 bits per heavy atom. The molecule has 1 aromatic rings. The summed E-state index contributed by atoms with van der Waals surface area (Å²) in [5.74, 6) is 0.740. The number of rotatable bonds is 5. The predicted molar refractivity (Wildman–Crippen MR) is 87.7 cm³/mol. The molecule has 2 unspecified atom stereocenters. The number of hydrogen-bond acceptors (Lipinski definition) is 2. The van der Waals surface area contributed by atoms with E-state index in [0.717, 1.165) is 47.7 Å². The molecule has 0 aliphatic carbocycles. The fourth-order valence-electron chi connectivity index (χ4n) is 3.00. The van der Waals surface area contributed by atoms with E-state index in [9.17, 15) is 0 Å². The quantitative estimate of drug-likeness (QED) is 0.867. The Balaban J connectivity index is 2.07. The number of nitrogens with one attached hydrogen (secondary N) is 1. The van der Waals surface area contributed by atoms with E-state index in [-0.39, 0.29) is 0 Å². The molecule has 1 fully saturated rings. The molecule has 1 heterocycles. The van der Waals surface area contributed by atoms with Gasteiger partial charge in [-0.2, -0.15) is 0 Å². The van der Waals surface area contributed by atoms with Crippen molar-refractivity contribution in [3.8, 4) is 0 Å². The molecule has 2 rings (SSSR count). The maximum atomic E-state index is 6.34. The Labute approximate surface area is 132 Å². The van der Waals surface area contributed by atoms with Gasteiger partial charge in [-0.3, -0.25) is 4.90 Å². The number of nitrogens with zero attached hydrogens (tertiary/aromatic N) is 1. The lowest BCUT2D eigenvalue weighted by Crippen LogP contribution is -2.39. The summed E-state index contributed by atoms with van der Waals surface area (Å²) in [6.07, 6.45) is 2.61. The van der Waals surface area contributed by atoms with Crippen LogP contribution in [0.1, 0.15) is 38.3 Å². The van der Waals surface area contributed by atoms with Crippen LogP contribution in [0.5, 0.6) is 0 Å². The zero-order valence-electron chi connectivity index (χ0n) is 12.3. The van der Waals surface area contributed by atoms with Crippen molar-refractivity contribution in [2.75, 3.05) is 26.2 Å². The van der Waals surface area contributed by atoms with Gasteiger partial charge in [-0.1, -0.05) is 30.1 Å². The molecule has 0 spiro atoms. The molecular formula is C16H24Cl2N2. The van der Waals surface area contributed by atoms with Gasteiger partial charge in [-0.05, 0) is 69.1 Å². The minimum atomic E-state index is 0.299. The maximum absolute atomic E-state index is 6.34. The highest BCUT2D eigenvalue weighted by Gasteiger charge is 2.22. The molecule has 0 amide bonds. The third kappa shape index (κ3) is 4.11. The first-order valence-electron chi connectivity index (χ1n) is 7.51. The van der Waals surface area contributed by atoms with Crippen LogP contribution in [0.15, 0.2) is 18.2 Å². The smallest absolute Gasteiger partial charge is 0.0454 e. The first-order chi connectivity index (χ1) is 9.61. The van der Waals surface area contributed by atoms with Crippen LogP contribution >= 0.6 is 23.2 Å². The van der Waals surface area contributed by atoms with E-state index >= 15 is 0 Å². The van der Waals surface area contributed by atoms with Crippen LogP contribution in [0.3, 0.4) is 0 Å². The van der Waals surface area contributed by atoms with Gasteiger partial charge in [0.05, 0.1) is 0 Å². The average Bonchev–Trinajstić information content (AvgIpc) is 2.47. The van der Waals surface area contributed by atoms with E-state index < -0.39 is 0 Å². The Bertz CT molecular complexity index is 430. The number of hydrogen-bond donors (Lipinski definition) is 1. The Hall–Kier alpha value is -0.280. The van der Waals surface area contributed by atoms with Crippen molar-refractivity contribution in [2.24, 2.45) is 5.92 Å². The normalized spacial score (nSPS) is 21.1. The summed E-state index contributed by atoms with van der Waals surface area (Å²) in [6, 6.07) is 6.04. The third-order valence-corrected chi connectivity index (χ3v) is 4.83. The molecule has 0 aromatic heterocycles. The molecule has 0 radical (unpaired) electrons. The summed E-state index contributed by atoms with van der Waals surface area (Å²) < 4.78 is 0. The van der Waals surface area contributed by atoms with Gasteiger partial charge >= 0.3 is 0 Å². The first kappa shape index (κ1) is 16.1. The van der Waals surface area contributed by atoms with Crippen molar-refractivity contribution >= 4 is 23.2 Å². The van der Waals surface area contributed by atoms with Crippen molar-refractivity contribution in [3.63, 3.8) is 0 Å². The average molecular weight is 315 g/mol. The predicted octanol–water partition coefficient (Wildman–Crippen LogP) is 4.38.